The summed E-state index contributed by atoms with van der Waals surface area (Å²) in [6.45, 7) is 10.7. The summed E-state index contributed by atoms with van der Waals surface area (Å²) in [5.74, 6) is 2.29. The minimum atomic E-state index is -0.204. The van der Waals surface area contributed by atoms with Crippen molar-refractivity contribution in [2.24, 2.45) is 0 Å². The molecule has 3 rings (SSSR count). The van der Waals surface area contributed by atoms with E-state index in [4.69, 9.17) is 25.4 Å². The highest BCUT2D eigenvalue weighted by Gasteiger charge is 2.34. The number of hydrogen-bond donors (Lipinski definition) is 0. The van der Waals surface area contributed by atoms with E-state index in [1.807, 2.05) is 0 Å². The van der Waals surface area contributed by atoms with Crippen molar-refractivity contribution in [1.29, 1.82) is 0 Å². The quantitative estimate of drug-likeness (QED) is 0.170. The molecule has 0 atom stereocenters. The van der Waals surface area contributed by atoms with Gasteiger partial charge >= 0.3 is 0 Å². The van der Waals surface area contributed by atoms with Gasteiger partial charge in [-0.1, -0.05) is 18.1 Å². The summed E-state index contributed by atoms with van der Waals surface area (Å²) < 4.78 is 22.2. The summed E-state index contributed by atoms with van der Waals surface area (Å²) >= 11 is 0. The molecule has 36 heavy (non-hydrogen) atoms. The Morgan fingerprint density at radius 2 is 1.17 bits per heavy atom. The Bertz CT molecular complexity index is 815. The molecule has 9 nitrogen and oxygen atoms in total. The topological polar surface area (TPSA) is 80.8 Å². The molecular formula is C27H39N3O6. The van der Waals surface area contributed by atoms with Crippen molar-refractivity contribution in [1.82, 2.24) is 14.7 Å². The standard InChI is InChI=1S/C27H39N3O6/c1-2-9-28-11-13-29(14-12-28)15-17-34-19-21-36-23-22-35-20-18-33-16-6-5-10-30-26(31)24-7-3-4-8-25(24)27(30)32/h1,3-4,7-8H,5-6,9-23H2. The number of amides is 2. The zero-order valence-corrected chi connectivity index (χ0v) is 21.2. The number of imide groups is 1. The normalized spacial score (nSPS) is 16.5. The minimum Gasteiger partial charge on any atom is -0.379 e. The van der Waals surface area contributed by atoms with Gasteiger partial charge < -0.3 is 18.9 Å². The Morgan fingerprint density at radius 1 is 0.667 bits per heavy atom. The number of terminal acetylenes is 1. The maximum atomic E-state index is 12.3. The average molecular weight is 502 g/mol. The molecule has 0 saturated carbocycles. The molecule has 1 aromatic rings. The Morgan fingerprint density at radius 3 is 1.72 bits per heavy atom. The monoisotopic (exact) mass is 501 g/mol. The summed E-state index contributed by atoms with van der Waals surface area (Å²) in [4.78, 5) is 30.6. The highest BCUT2D eigenvalue weighted by molar-refractivity contribution is 6.21. The minimum absolute atomic E-state index is 0.204. The van der Waals surface area contributed by atoms with E-state index in [2.05, 4.69) is 15.7 Å². The number of piperazine rings is 1. The largest absolute Gasteiger partial charge is 0.379 e. The van der Waals surface area contributed by atoms with Crippen molar-refractivity contribution in [3.63, 3.8) is 0 Å². The van der Waals surface area contributed by atoms with Gasteiger partial charge in [0.05, 0.1) is 63.9 Å². The molecular weight excluding hydrogens is 462 g/mol. The number of unbranched alkanes of at least 4 members (excludes halogenated alkanes) is 1. The summed E-state index contributed by atoms with van der Waals surface area (Å²) in [7, 11) is 0. The molecule has 1 aromatic carbocycles. The van der Waals surface area contributed by atoms with Gasteiger partial charge in [0.1, 0.15) is 0 Å². The van der Waals surface area contributed by atoms with Crippen LogP contribution in [-0.4, -0.2) is 125 Å². The van der Waals surface area contributed by atoms with Crippen LogP contribution in [0.1, 0.15) is 33.6 Å². The van der Waals surface area contributed by atoms with E-state index in [0.29, 0.717) is 76.9 Å². The highest BCUT2D eigenvalue weighted by Crippen LogP contribution is 2.22. The van der Waals surface area contributed by atoms with Gasteiger partial charge in [0.25, 0.3) is 11.8 Å². The first-order valence-corrected chi connectivity index (χ1v) is 12.8. The summed E-state index contributed by atoms with van der Waals surface area (Å²) in [5, 5.41) is 0. The zero-order valence-electron chi connectivity index (χ0n) is 21.2. The fourth-order valence-electron chi connectivity index (χ4n) is 4.17. The van der Waals surface area contributed by atoms with Crippen molar-refractivity contribution >= 4 is 11.8 Å². The van der Waals surface area contributed by atoms with Crippen molar-refractivity contribution in [2.75, 3.05) is 98.7 Å². The Hall–Kier alpha value is -2.32. The summed E-state index contributed by atoms with van der Waals surface area (Å²) in [6.07, 6.45) is 6.85. The van der Waals surface area contributed by atoms with Crippen LogP contribution in [0, 0.1) is 12.3 Å². The lowest BCUT2D eigenvalue weighted by atomic mass is 10.1. The van der Waals surface area contributed by atoms with Crippen LogP contribution < -0.4 is 0 Å². The number of hydrogen-bond acceptors (Lipinski definition) is 8. The molecule has 2 amide bonds. The first-order valence-electron chi connectivity index (χ1n) is 12.8. The van der Waals surface area contributed by atoms with Gasteiger partial charge in [-0.25, -0.2) is 0 Å². The second-order valence-corrected chi connectivity index (χ2v) is 8.79. The van der Waals surface area contributed by atoms with Crippen molar-refractivity contribution < 1.29 is 28.5 Å². The Labute approximate surface area is 214 Å². The molecule has 9 heteroatoms. The van der Waals surface area contributed by atoms with Gasteiger partial charge in [-0.05, 0) is 25.0 Å². The second kappa shape index (κ2) is 16.4. The number of carbonyl (C=O) groups is 2. The fraction of sp³-hybridized carbons (Fsp3) is 0.630. The van der Waals surface area contributed by atoms with E-state index in [1.54, 1.807) is 24.3 Å². The highest BCUT2D eigenvalue weighted by atomic mass is 16.6. The Kier molecular flexibility index (Phi) is 12.9. The fourth-order valence-corrected chi connectivity index (χ4v) is 4.17. The van der Waals surface area contributed by atoms with Crippen LogP contribution in [-0.2, 0) is 18.9 Å². The number of benzene rings is 1. The van der Waals surface area contributed by atoms with E-state index in [9.17, 15) is 9.59 Å². The first kappa shape index (κ1) is 28.3. The lowest BCUT2D eigenvalue weighted by molar-refractivity contribution is -0.00535. The number of carbonyl (C=O) groups excluding carboxylic acids is 2. The van der Waals surface area contributed by atoms with Gasteiger partial charge in [0.2, 0.25) is 0 Å². The summed E-state index contributed by atoms with van der Waals surface area (Å²) in [6, 6.07) is 6.95. The average Bonchev–Trinajstić information content (AvgIpc) is 3.14. The predicted molar refractivity (Wildman–Crippen MR) is 136 cm³/mol. The second-order valence-electron chi connectivity index (χ2n) is 8.79. The zero-order chi connectivity index (χ0) is 25.4. The molecule has 1 fully saturated rings. The van der Waals surface area contributed by atoms with E-state index in [1.165, 1.54) is 4.90 Å². The number of nitrogens with zero attached hydrogens (tertiary/aromatic N) is 3. The maximum Gasteiger partial charge on any atom is 0.261 e. The number of fused-ring (bicyclic) bond motifs is 1. The first-order chi connectivity index (χ1) is 17.7. The molecule has 0 aliphatic carbocycles. The molecule has 0 bridgehead atoms. The smallest absolute Gasteiger partial charge is 0.261 e. The molecule has 2 aliphatic rings. The van der Waals surface area contributed by atoms with Gasteiger partial charge in [-0.15, -0.1) is 6.42 Å². The molecule has 0 aromatic heterocycles. The Balaban J connectivity index is 1.04. The third-order valence-corrected chi connectivity index (χ3v) is 6.25. The molecule has 2 heterocycles. The lowest BCUT2D eigenvalue weighted by Gasteiger charge is -2.33. The SMILES string of the molecule is C#CCN1CCN(CCOCCOCCOCCOCCCCN2C(=O)c3ccccc3C2=O)CC1. The molecule has 0 radical (unpaired) electrons. The lowest BCUT2D eigenvalue weighted by Crippen LogP contribution is -2.47. The molecule has 198 valence electrons. The molecule has 2 aliphatic heterocycles. The van der Waals surface area contributed by atoms with Crippen LogP contribution >= 0.6 is 0 Å². The summed E-state index contributed by atoms with van der Waals surface area (Å²) in [5.41, 5.74) is 0.990. The van der Waals surface area contributed by atoms with Crippen LogP contribution in [0.15, 0.2) is 24.3 Å². The maximum absolute atomic E-state index is 12.3. The predicted octanol–water partition coefficient (Wildman–Crippen LogP) is 1.38. The van der Waals surface area contributed by atoms with E-state index in [0.717, 1.165) is 45.7 Å². The van der Waals surface area contributed by atoms with Crippen molar-refractivity contribution in [3.8, 4) is 12.3 Å². The van der Waals surface area contributed by atoms with Crippen LogP contribution in [0.5, 0.6) is 0 Å². The van der Waals surface area contributed by atoms with E-state index in [-0.39, 0.29) is 11.8 Å². The van der Waals surface area contributed by atoms with Gasteiger partial charge in [0.15, 0.2) is 0 Å². The third-order valence-electron chi connectivity index (χ3n) is 6.25. The van der Waals surface area contributed by atoms with Crippen LogP contribution in [0.4, 0.5) is 0 Å². The van der Waals surface area contributed by atoms with Gasteiger partial charge in [-0.3, -0.25) is 24.3 Å². The molecule has 0 unspecified atom stereocenters. The van der Waals surface area contributed by atoms with Crippen molar-refractivity contribution in [3.05, 3.63) is 35.4 Å². The van der Waals surface area contributed by atoms with Gasteiger partial charge in [0, 0.05) is 45.9 Å². The van der Waals surface area contributed by atoms with Crippen LogP contribution in [0.3, 0.4) is 0 Å². The van der Waals surface area contributed by atoms with Gasteiger partial charge in [-0.2, -0.15) is 0 Å². The van der Waals surface area contributed by atoms with Crippen LogP contribution in [0.25, 0.3) is 0 Å². The molecule has 0 spiro atoms. The number of rotatable bonds is 18. The van der Waals surface area contributed by atoms with E-state index < -0.39 is 0 Å². The van der Waals surface area contributed by atoms with Crippen LogP contribution in [0.2, 0.25) is 0 Å². The molecule has 1 saturated heterocycles. The van der Waals surface area contributed by atoms with E-state index >= 15 is 0 Å². The van der Waals surface area contributed by atoms with Crippen molar-refractivity contribution in [2.45, 2.75) is 12.8 Å². The molecule has 0 N–H and O–H groups in total. The third kappa shape index (κ3) is 9.28. The number of ether oxygens (including phenoxy) is 4.